The molecule has 7 N–H and O–H groups in total. The number of carbonyl (C=O) groups is 5. The van der Waals surface area contributed by atoms with Crippen LogP contribution in [0.1, 0.15) is 66.4 Å². The fourth-order valence-electron chi connectivity index (χ4n) is 4.84. The molecule has 0 radical (unpaired) electrons. The number of nitrogens with one attached hydrogen (secondary N) is 5. The van der Waals surface area contributed by atoms with Gasteiger partial charge in [-0.2, -0.15) is 12.6 Å². The van der Waals surface area contributed by atoms with Gasteiger partial charge in [-0.05, 0) is 29.2 Å². The number of rotatable bonds is 17. The van der Waals surface area contributed by atoms with Crippen molar-refractivity contribution in [3.63, 3.8) is 0 Å². The van der Waals surface area contributed by atoms with E-state index in [0.717, 1.165) is 12.0 Å². The maximum Gasteiger partial charge on any atom is 0.243 e. The van der Waals surface area contributed by atoms with E-state index in [4.69, 9.17) is 5.73 Å². The summed E-state index contributed by atoms with van der Waals surface area (Å²) in [6.07, 6.45) is 1.69. The Morgan fingerprint density at radius 3 is 2.02 bits per heavy atom. The normalized spacial score (nSPS) is 13.7. The molecule has 1 rings (SSSR count). The first kappa shape index (κ1) is 36.9. The molecule has 0 saturated heterocycles. The minimum absolute atomic E-state index is 0.0413. The average Bonchev–Trinajstić information content (AvgIpc) is 2.90. The summed E-state index contributed by atoms with van der Waals surface area (Å²) in [5.41, 5.74) is 6.53. The van der Waals surface area contributed by atoms with E-state index < -0.39 is 35.8 Å². The molecule has 3 unspecified atom stereocenters. The number of benzene rings is 1. The summed E-state index contributed by atoms with van der Waals surface area (Å²) < 4.78 is 0. The van der Waals surface area contributed by atoms with Crippen molar-refractivity contribution in [3.8, 4) is 0 Å². The van der Waals surface area contributed by atoms with Crippen molar-refractivity contribution in [1.29, 1.82) is 0 Å². The second-order valence-corrected chi connectivity index (χ2v) is 12.9. The molecular formula is C30H50N6O5S. The molecule has 12 heteroatoms. The van der Waals surface area contributed by atoms with Gasteiger partial charge in [-0.1, -0.05) is 71.9 Å². The van der Waals surface area contributed by atoms with E-state index >= 15 is 0 Å². The molecule has 0 heterocycles. The van der Waals surface area contributed by atoms with Gasteiger partial charge in [0, 0.05) is 31.7 Å². The SMILES string of the molecule is CCC(NC(=O)C(N)CNC(=O)CNC(=O)C(Cc1ccccc1)NC(=O)CC(C)(C)CC(C)(C)C)C(=O)NCCS. The number of carbonyl (C=O) groups excluding carboxylic acids is 5. The molecule has 0 bridgehead atoms. The molecule has 42 heavy (non-hydrogen) atoms. The van der Waals surface area contributed by atoms with Gasteiger partial charge in [-0.25, -0.2) is 0 Å². The fraction of sp³-hybridized carbons (Fsp3) is 0.633. The zero-order valence-corrected chi connectivity index (χ0v) is 26.7. The zero-order valence-electron chi connectivity index (χ0n) is 25.8. The lowest BCUT2D eigenvalue weighted by Crippen LogP contribution is -2.55. The summed E-state index contributed by atoms with van der Waals surface area (Å²) in [5.74, 6) is -1.77. The molecule has 0 spiro atoms. The third kappa shape index (κ3) is 15.2. The number of amides is 5. The second-order valence-electron chi connectivity index (χ2n) is 12.5. The van der Waals surface area contributed by atoms with Crippen LogP contribution in [0.5, 0.6) is 0 Å². The molecule has 0 fully saturated rings. The fourth-order valence-corrected chi connectivity index (χ4v) is 4.95. The predicted molar refractivity (Wildman–Crippen MR) is 168 cm³/mol. The van der Waals surface area contributed by atoms with Gasteiger partial charge in [-0.3, -0.25) is 24.0 Å². The summed E-state index contributed by atoms with van der Waals surface area (Å²) in [4.78, 5) is 63.0. The van der Waals surface area contributed by atoms with Crippen LogP contribution in [0.4, 0.5) is 0 Å². The molecule has 1 aromatic rings. The molecule has 236 valence electrons. The summed E-state index contributed by atoms with van der Waals surface area (Å²) >= 11 is 4.04. The third-order valence-corrected chi connectivity index (χ3v) is 6.54. The lowest BCUT2D eigenvalue weighted by Gasteiger charge is -2.32. The zero-order chi connectivity index (χ0) is 31.9. The van der Waals surface area contributed by atoms with E-state index in [-0.39, 0.29) is 48.6 Å². The Kier molecular flexibility index (Phi) is 15.6. The van der Waals surface area contributed by atoms with Crippen molar-refractivity contribution < 1.29 is 24.0 Å². The summed E-state index contributed by atoms with van der Waals surface area (Å²) in [6.45, 7) is 12.0. The van der Waals surface area contributed by atoms with Gasteiger partial charge in [0.25, 0.3) is 0 Å². The average molecular weight is 607 g/mol. The molecule has 0 aliphatic carbocycles. The lowest BCUT2D eigenvalue weighted by molar-refractivity contribution is -0.131. The minimum Gasteiger partial charge on any atom is -0.353 e. The van der Waals surface area contributed by atoms with E-state index in [1.165, 1.54) is 0 Å². The summed E-state index contributed by atoms with van der Waals surface area (Å²) in [5, 5.41) is 13.2. The number of hydrogen-bond acceptors (Lipinski definition) is 7. The van der Waals surface area contributed by atoms with E-state index in [2.05, 4.69) is 60.0 Å². The second kappa shape index (κ2) is 17.7. The van der Waals surface area contributed by atoms with Crippen molar-refractivity contribution in [3.05, 3.63) is 35.9 Å². The van der Waals surface area contributed by atoms with Gasteiger partial charge < -0.3 is 32.3 Å². The molecule has 3 atom stereocenters. The maximum atomic E-state index is 13.1. The van der Waals surface area contributed by atoms with Crippen LogP contribution in [-0.2, 0) is 30.4 Å². The Bertz CT molecular complexity index is 1040. The van der Waals surface area contributed by atoms with Crippen molar-refractivity contribution >= 4 is 42.2 Å². The van der Waals surface area contributed by atoms with Gasteiger partial charge >= 0.3 is 0 Å². The Morgan fingerprint density at radius 2 is 1.45 bits per heavy atom. The van der Waals surface area contributed by atoms with Crippen LogP contribution in [0.15, 0.2) is 30.3 Å². The van der Waals surface area contributed by atoms with Crippen LogP contribution < -0.4 is 32.3 Å². The van der Waals surface area contributed by atoms with Gasteiger partial charge in [0.15, 0.2) is 0 Å². The van der Waals surface area contributed by atoms with Crippen LogP contribution in [0, 0.1) is 10.8 Å². The van der Waals surface area contributed by atoms with Gasteiger partial charge in [0.1, 0.15) is 18.1 Å². The highest BCUT2D eigenvalue weighted by Gasteiger charge is 2.30. The van der Waals surface area contributed by atoms with Crippen LogP contribution in [0.25, 0.3) is 0 Å². The first-order chi connectivity index (χ1) is 19.6. The monoisotopic (exact) mass is 606 g/mol. The predicted octanol–water partition coefficient (Wildman–Crippen LogP) is 1.07. The largest absolute Gasteiger partial charge is 0.353 e. The molecule has 5 amide bonds. The Morgan fingerprint density at radius 1 is 0.833 bits per heavy atom. The van der Waals surface area contributed by atoms with Crippen LogP contribution in [0.3, 0.4) is 0 Å². The Balaban J connectivity index is 2.70. The minimum atomic E-state index is -1.10. The summed E-state index contributed by atoms with van der Waals surface area (Å²) in [7, 11) is 0. The first-order valence-corrected chi connectivity index (χ1v) is 15.0. The Hall–Kier alpha value is -3.12. The third-order valence-electron chi connectivity index (χ3n) is 6.31. The van der Waals surface area contributed by atoms with Crippen LogP contribution in [0.2, 0.25) is 0 Å². The Labute approximate surface area is 255 Å². The van der Waals surface area contributed by atoms with E-state index in [1.807, 2.05) is 44.2 Å². The number of thiol groups is 1. The molecule has 0 saturated carbocycles. The number of nitrogens with two attached hydrogens (primary N) is 1. The van der Waals surface area contributed by atoms with Crippen molar-refractivity contribution in [2.45, 2.75) is 85.4 Å². The molecule has 11 nitrogen and oxygen atoms in total. The summed E-state index contributed by atoms with van der Waals surface area (Å²) in [6, 6.07) is 6.55. The van der Waals surface area contributed by atoms with Gasteiger partial charge in [-0.15, -0.1) is 0 Å². The standard InChI is InChI=1S/C30H50N6O5S/c1-7-22(27(40)32-13-14-42)36-26(39)21(31)17-33-25(38)18-34-28(41)23(15-20-11-9-8-10-12-20)35-24(37)16-30(5,6)19-29(2,3)4/h8-12,21-23,42H,7,13-19,31H2,1-6H3,(H,32,40)(H,33,38)(H,34,41)(H,35,37)(H,36,39). The molecule has 0 aliphatic heterocycles. The van der Waals surface area contributed by atoms with E-state index in [1.54, 1.807) is 6.92 Å². The lowest BCUT2D eigenvalue weighted by atomic mass is 9.74. The molecule has 1 aromatic carbocycles. The van der Waals surface area contributed by atoms with Gasteiger partial charge in [0.05, 0.1) is 6.54 Å². The highest BCUT2D eigenvalue weighted by Crippen LogP contribution is 2.35. The first-order valence-electron chi connectivity index (χ1n) is 14.4. The quantitative estimate of drug-likeness (QED) is 0.131. The molecule has 0 aromatic heterocycles. The topological polar surface area (TPSA) is 172 Å². The van der Waals surface area contributed by atoms with Crippen LogP contribution in [-0.4, -0.2) is 73.0 Å². The molecule has 0 aliphatic rings. The highest BCUT2D eigenvalue weighted by molar-refractivity contribution is 7.80. The van der Waals surface area contributed by atoms with Crippen LogP contribution >= 0.6 is 12.6 Å². The van der Waals surface area contributed by atoms with E-state index in [9.17, 15) is 24.0 Å². The van der Waals surface area contributed by atoms with Crippen molar-refractivity contribution in [2.75, 3.05) is 25.4 Å². The maximum absolute atomic E-state index is 13.1. The van der Waals surface area contributed by atoms with E-state index in [0.29, 0.717) is 18.7 Å². The number of hydrogen-bond donors (Lipinski definition) is 7. The molecular weight excluding hydrogens is 556 g/mol. The van der Waals surface area contributed by atoms with Crippen molar-refractivity contribution in [2.24, 2.45) is 16.6 Å². The smallest absolute Gasteiger partial charge is 0.243 e. The highest BCUT2D eigenvalue weighted by atomic mass is 32.1. The van der Waals surface area contributed by atoms with Gasteiger partial charge in [0.2, 0.25) is 29.5 Å². The van der Waals surface area contributed by atoms with Crippen molar-refractivity contribution in [1.82, 2.24) is 26.6 Å².